The number of nitrogens with one attached hydrogen (secondary N) is 2. The van der Waals surface area contributed by atoms with Crippen molar-refractivity contribution in [3.63, 3.8) is 0 Å². The number of rotatable bonds is 4. The van der Waals surface area contributed by atoms with Crippen molar-refractivity contribution in [2.24, 2.45) is 0 Å². The van der Waals surface area contributed by atoms with Crippen molar-refractivity contribution in [1.29, 1.82) is 0 Å². The highest BCUT2D eigenvalue weighted by Crippen LogP contribution is 2.28. The van der Waals surface area contributed by atoms with Crippen LogP contribution in [-0.4, -0.2) is 20.0 Å². The average molecular weight is 294 g/mol. The Hall–Kier alpha value is -1.82. The molecule has 6 nitrogen and oxygen atoms in total. The highest BCUT2D eigenvalue weighted by atomic mass is 35.5. The second kappa shape index (κ2) is 5.66. The summed E-state index contributed by atoms with van der Waals surface area (Å²) in [6.07, 6.45) is 8.50. The number of H-pyrrole nitrogens is 1. The Labute approximate surface area is 121 Å². The van der Waals surface area contributed by atoms with Gasteiger partial charge in [-0.25, -0.2) is 5.10 Å². The Morgan fingerprint density at radius 2 is 2.25 bits per heavy atom. The fraction of sp³-hybridized carbons (Fsp3) is 0.462. The smallest absolute Gasteiger partial charge is 0.285 e. The third kappa shape index (κ3) is 2.70. The van der Waals surface area contributed by atoms with Gasteiger partial charge in [0, 0.05) is 6.20 Å². The predicted molar refractivity (Wildman–Crippen MR) is 76.9 cm³/mol. The molecule has 20 heavy (non-hydrogen) atoms. The van der Waals surface area contributed by atoms with E-state index in [2.05, 4.69) is 20.6 Å². The molecule has 0 aromatic carbocycles. The summed E-state index contributed by atoms with van der Waals surface area (Å²) in [5.41, 5.74) is 1.05. The normalized spacial score (nSPS) is 15.7. The Balaban J connectivity index is 1.66. The molecule has 0 aliphatic heterocycles. The molecule has 2 aromatic heterocycles. The lowest BCUT2D eigenvalue weighted by Gasteiger charge is -2.09. The zero-order valence-corrected chi connectivity index (χ0v) is 11.7. The second-order valence-electron chi connectivity index (χ2n) is 5.01. The summed E-state index contributed by atoms with van der Waals surface area (Å²) in [7, 11) is 0. The van der Waals surface area contributed by atoms with Crippen LogP contribution in [0.25, 0.3) is 0 Å². The second-order valence-corrected chi connectivity index (χ2v) is 5.38. The number of nitrogens with zero attached hydrogens (tertiary/aromatic N) is 3. The zero-order valence-electron chi connectivity index (χ0n) is 11.0. The van der Waals surface area contributed by atoms with E-state index in [1.165, 1.54) is 31.9 Å². The molecule has 0 spiro atoms. The molecule has 0 bridgehead atoms. The van der Waals surface area contributed by atoms with E-state index in [1.807, 2.05) is 16.9 Å². The van der Waals surface area contributed by atoms with Crippen molar-refractivity contribution in [3.05, 3.63) is 39.5 Å². The summed E-state index contributed by atoms with van der Waals surface area (Å²) in [4.78, 5) is 11.3. The highest BCUT2D eigenvalue weighted by molar-refractivity contribution is 6.32. The summed E-state index contributed by atoms with van der Waals surface area (Å²) in [6.45, 7) is 0.518. The van der Waals surface area contributed by atoms with E-state index in [9.17, 15) is 4.79 Å². The van der Waals surface area contributed by atoms with E-state index in [0.29, 0.717) is 18.3 Å². The van der Waals surface area contributed by atoms with Gasteiger partial charge in [0.05, 0.1) is 30.2 Å². The van der Waals surface area contributed by atoms with Crippen molar-refractivity contribution in [3.8, 4) is 0 Å². The maximum Gasteiger partial charge on any atom is 0.285 e. The molecule has 2 N–H and O–H groups in total. The molecule has 0 radical (unpaired) electrons. The number of hydrogen-bond acceptors (Lipinski definition) is 4. The topological polar surface area (TPSA) is 75.6 Å². The summed E-state index contributed by atoms with van der Waals surface area (Å²) in [5, 5.41) is 13.8. The number of anilines is 1. The number of aromatic amines is 1. The Morgan fingerprint density at radius 3 is 3.05 bits per heavy atom. The molecule has 1 fully saturated rings. The molecule has 2 heterocycles. The lowest BCUT2D eigenvalue weighted by atomic mass is 10.3. The van der Waals surface area contributed by atoms with Gasteiger partial charge in [0.2, 0.25) is 0 Å². The molecule has 0 atom stereocenters. The summed E-state index contributed by atoms with van der Waals surface area (Å²) >= 11 is 5.90. The van der Waals surface area contributed by atoms with E-state index >= 15 is 0 Å². The first-order valence-corrected chi connectivity index (χ1v) is 7.13. The van der Waals surface area contributed by atoms with Crippen LogP contribution in [0.5, 0.6) is 0 Å². The standard InChI is InChI=1S/C13H16ClN5O/c14-12-11(8-16-17-13(12)20)15-7-9-5-6-19(18-9)10-3-1-2-4-10/h5-6,8,10H,1-4,7H2,(H2,15,17,20). The third-order valence-electron chi connectivity index (χ3n) is 3.62. The fourth-order valence-corrected chi connectivity index (χ4v) is 2.69. The SMILES string of the molecule is O=c1[nH]ncc(NCc2ccn(C3CCCC3)n2)c1Cl. The minimum Gasteiger partial charge on any atom is -0.377 e. The first kappa shape index (κ1) is 13.2. The van der Waals surface area contributed by atoms with Gasteiger partial charge in [0.1, 0.15) is 5.02 Å². The van der Waals surface area contributed by atoms with Gasteiger partial charge in [-0.3, -0.25) is 9.48 Å². The monoisotopic (exact) mass is 293 g/mol. The maximum atomic E-state index is 11.3. The van der Waals surface area contributed by atoms with Gasteiger partial charge in [-0.2, -0.15) is 10.2 Å². The van der Waals surface area contributed by atoms with Crippen LogP contribution in [-0.2, 0) is 6.54 Å². The molecular formula is C13H16ClN5O. The van der Waals surface area contributed by atoms with Crippen LogP contribution in [0.1, 0.15) is 37.4 Å². The number of aromatic nitrogens is 4. The lowest BCUT2D eigenvalue weighted by molar-refractivity contribution is 0.463. The quantitative estimate of drug-likeness (QED) is 0.907. The van der Waals surface area contributed by atoms with Crippen LogP contribution < -0.4 is 10.9 Å². The molecule has 1 aliphatic rings. The number of hydrogen-bond donors (Lipinski definition) is 2. The summed E-state index contributed by atoms with van der Waals surface area (Å²) in [6, 6.07) is 2.52. The highest BCUT2D eigenvalue weighted by Gasteiger charge is 2.17. The average Bonchev–Trinajstić information content (AvgIpc) is 3.10. The molecule has 7 heteroatoms. The predicted octanol–water partition coefficient (Wildman–Crippen LogP) is 2.35. The van der Waals surface area contributed by atoms with Crippen LogP contribution in [0.4, 0.5) is 5.69 Å². The van der Waals surface area contributed by atoms with Gasteiger partial charge in [0.15, 0.2) is 0 Å². The third-order valence-corrected chi connectivity index (χ3v) is 3.99. The maximum absolute atomic E-state index is 11.3. The Morgan fingerprint density at radius 1 is 1.45 bits per heavy atom. The van der Waals surface area contributed by atoms with Gasteiger partial charge in [-0.15, -0.1) is 0 Å². The molecule has 3 rings (SSSR count). The lowest BCUT2D eigenvalue weighted by Crippen LogP contribution is -2.12. The van der Waals surface area contributed by atoms with Gasteiger partial charge in [-0.05, 0) is 18.9 Å². The van der Waals surface area contributed by atoms with E-state index in [1.54, 1.807) is 0 Å². The first-order valence-electron chi connectivity index (χ1n) is 6.75. The fourth-order valence-electron chi connectivity index (χ4n) is 2.54. The molecule has 0 saturated heterocycles. The van der Waals surface area contributed by atoms with Crippen molar-refractivity contribution in [1.82, 2.24) is 20.0 Å². The molecule has 0 amide bonds. The molecule has 0 unspecified atom stereocenters. The summed E-state index contributed by atoms with van der Waals surface area (Å²) in [5.74, 6) is 0. The van der Waals surface area contributed by atoms with Crippen molar-refractivity contribution >= 4 is 17.3 Å². The molecule has 2 aromatic rings. The Kier molecular flexibility index (Phi) is 3.73. The van der Waals surface area contributed by atoms with Crippen LogP contribution in [0.3, 0.4) is 0 Å². The minimum atomic E-state index is -0.395. The molecule has 106 valence electrons. The van der Waals surface area contributed by atoms with Gasteiger partial charge in [0.25, 0.3) is 5.56 Å². The molecule has 1 saturated carbocycles. The Bertz CT molecular complexity index is 644. The van der Waals surface area contributed by atoms with Gasteiger partial charge in [-0.1, -0.05) is 24.4 Å². The molecule has 1 aliphatic carbocycles. The van der Waals surface area contributed by atoms with E-state index in [0.717, 1.165) is 5.69 Å². The van der Waals surface area contributed by atoms with E-state index in [-0.39, 0.29) is 5.02 Å². The first-order chi connectivity index (χ1) is 9.74. The van der Waals surface area contributed by atoms with Crippen molar-refractivity contribution in [2.45, 2.75) is 38.3 Å². The van der Waals surface area contributed by atoms with Crippen LogP contribution >= 0.6 is 11.6 Å². The van der Waals surface area contributed by atoms with E-state index < -0.39 is 5.56 Å². The van der Waals surface area contributed by atoms with Gasteiger partial charge < -0.3 is 5.32 Å². The van der Waals surface area contributed by atoms with Crippen LogP contribution in [0.15, 0.2) is 23.3 Å². The van der Waals surface area contributed by atoms with Gasteiger partial charge >= 0.3 is 0 Å². The van der Waals surface area contributed by atoms with Crippen LogP contribution in [0.2, 0.25) is 5.02 Å². The zero-order chi connectivity index (χ0) is 13.9. The number of halogens is 1. The minimum absolute atomic E-state index is 0.121. The van der Waals surface area contributed by atoms with E-state index in [4.69, 9.17) is 11.6 Å². The van der Waals surface area contributed by atoms with Crippen molar-refractivity contribution in [2.75, 3.05) is 5.32 Å². The molecular weight excluding hydrogens is 278 g/mol. The largest absolute Gasteiger partial charge is 0.377 e. The summed E-state index contributed by atoms with van der Waals surface area (Å²) < 4.78 is 2.04. The van der Waals surface area contributed by atoms with Crippen molar-refractivity contribution < 1.29 is 0 Å². The van der Waals surface area contributed by atoms with Crippen LogP contribution in [0, 0.1) is 0 Å².